The number of nitrogens with zero attached hydrogens (tertiary/aromatic N) is 1. The first-order valence-corrected chi connectivity index (χ1v) is 6.59. The highest BCUT2D eigenvalue weighted by Gasteiger charge is 2.30. The Kier molecular flexibility index (Phi) is 3.85. The molecule has 94 valence electrons. The minimum absolute atomic E-state index is 0.511. The molecule has 2 heteroatoms. The van der Waals surface area contributed by atoms with Crippen LogP contribution in [0.1, 0.15) is 31.0 Å². The third-order valence-corrected chi connectivity index (χ3v) is 4.02. The van der Waals surface area contributed by atoms with Gasteiger partial charge in [-0.05, 0) is 31.0 Å². The molecule has 1 N–H and O–H groups in total. The highest BCUT2D eigenvalue weighted by molar-refractivity contribution is 5.29. The van der Waals surface area contributed by atoms with E-state index in [-0.39, 0.29) is 0 Å². The molecule has 0 aliphatic carbocycles. The van der Waals surface area contributed by atoms with Crippen LogP contribution in [0, 0.1) is 12.8 Å². The molecular formula is C15H24N2. The summed E-state index contributed by atoms with van der Waals surface area (Å²) in [6.07, 6.45) is 0. The van der Waals surface area contributed by atoms with E-state index in [1.54, 1.807) is 0 Å². The van der Waals surface area contributed by atoms with Gasteiger partial charge in [-0.25, -0.2) is 0 Å². The molecule has 0 aromatic heterocycles. The first-order valence-electron chi connectivity index (χ1n) is 6.59. The van der Waals surface area contributed by atoms with Crippen LogP contribution in [0.5, 0.6) is 0 Å². The fraction of sp³-hybridized carbons (Fsp3) is 0.600. The quantitative estimate of drug-likeness (QED) is 0.843. The van der Waals surface area contributed by atoms with E-state index in [2.05, 4.69) is 62.3 Å². The zero-order valence-corrected chi connectivity index (χ0v) is 11.4. The van der Waals surface area contributed by atoms with Crippen molar-refractivity contribution in [2.24, 2.45) is 5.92 Å². The minimum atomic E-state index is 0.511. The van der Waals surface area contributed by atoms with Crippen LogP contribution in [0.3, 0.4) is 0 Å². The third kappa shape index (κ3) is 2.53. The lowest BCUT2D eigenvalue weighted by atomic mass is 9.93. The molecule has 0 saturated carbocycles. The molecule has 0 radical (unpaired) electrons. The van der Waals surface area contributed by atoms with Gasteiger partial charge in [0.1, 0.15) is 0 Å². The summed E-state index contributed by atoms with van der Waals surface area (Å²) in [7, 11) is 2.27. The van der Waals surface area contributed by atoms with Gasteiger partial charge in [0.05, 0.1) is 0 Å². The maximum Gasteiger partial charge on any atom is 0.0475 e. The van der Waals surface area contributed by atoms with Crippen molar-refractivity contribution in [2.75, 3.05) is 20.1 Å². The number of likely N-dealkylation sites (N-methyl/N-ethyl adjacent to an activating group) is 1. The monoisotopic (exact) mass is 232 g/mol. The molecule has 1 aliphatic rings. The maximum atomic E-state index is 3.58. The van der Waals surface area contributed by atoms with Gasteiger partial charge in [-0.3, -0.25) is 4.90 Å². The molecule has 2 atom stereocenters. The number of nitrogens with one attached hydrogen (secondary N) is 1. The van der Waals surface area contributed by atoms with Gasteiger partial charge in [0.25, 0.3) is 0 Å². The van der Waals surface area contributed by atoms with Gasteiger partial charge in [-0.1, -0.05) is 38.1 Å². The number of rotatable bonds is 2. The molecule has 1 aliphatic heterocycles. The van der Waals surface area contributed by atoms with Crippen LogP contribution < -0.4 is 5.32 Å². The van der Waals surface area contributed by atoms with Crippen LogP contribution in [0.15, 0.2) is 24.3 Å². The second-order valence-electron chi connectivity index (χ2n) is 5.51. The Morgan fingerprint density at radius 1 is 1.24 bits per heavy atom. The number of hydrogen-bond acceptors (Lipinski definition) is 2. The average Bonchev–Trinajstić information content (AvgIpc) is 2.30. The highest BCUT2D eigenvalue weighted by Crippen LogP contribution is 2.28. The van der Waals surface area contributed by atoms with E-state index >= 15 is 0 Å². The zero-order chi connectivity index (χ0) is 12.4. The summed E-state index contributed by atoms with van der Waals surface area (Å²) in [5.74, 6) is 0.694. The molecule has 2 nitrogen and oxygen atoms in total. The molecule has 0 amide bonds. The summed E-state index contributed by atoms with van der Waals surface area (Å²) >= 11 is 0. The van der Waals surface area contributed by atoms with Gasteiger partial charge in [-0.15, -0.1) is 0 Å². The summed E-state index contributed by atoms with van der Waals surface area (Å²) in [6, 6.07) is 9.89. The highest BCUT2D eigenvalue weighted by atomic mass is 15.2. The van der Waals surface area contributed by atoms with Crippen molar-refractivity contribution in [1.82, 2.24) is 10.2 Å². The van der Waals surface area contributed by atoms with Crippen molar-refractivity contribution >= 4 is 0 Å². The predicted octanol–water partition coefficient (Wildman–Crippen LogP) is 2.60. The topological polar surface area (TPSA) is 15.3 Å². The summed E-state index contributed by atoms with van der Waals surface area (Å²) in [5, 5.41) is 3.58. The second-order valence-corrected chi connectivity index (χ2v) is 5.51. The molecule has 0 bridgehead atoms. The Balaban J connectivity index is 2.24. The molecule has 17 heavy (non-hydrogen) atoms. The summed E-state index contributed by atoms with van der Waals surface area (Å²) in [5.41, 5.74) is 2.86. The first-order chi connectivity index (χ1) is 8.11. The van der Waals surface area contributed by atoms with Gasteiger partial charge in [-0.2, -0.15) is 0 Å². The molecule has 2 rings (SSSR count). The smallest absolute Gasteiger partial charge is 0.0475 e. The van der Waals surface area contributed by atoms with Crippen LogP contribution >= 0.6 is 0 Å². The molecule has 1 saturated heterocycles. The number of benzene rings is 1. The van der Waals surface area contributed by atoms with Crippen molar-refractivity contribution in [3.05, 3.63) is 35.4 Å². The van der Waals surface area contributed by atoms with E-state index in [9.17, 15) is 0 Å². The first kappa shape index (κ1) is 12.6. The Morgan fingerprint density at radius 3 is 2.59 bits per heavy atom. The van der Waals surface area contributed by atoms with E-state index in [0.29, 0.717) is 18.0 Å². The summed E-state index contributed by atoms with van der Waals surface area (Å²) in [6.45, 7) is 9.00. The van der Waals surface area contributed by atoms with Crippen LogP contribution in [0.25, 0.3) is 0 Å². The molecule has 1 fully saturated rings. The van der Waals surface area contributed by atoms with E-state index in [1.165, 1.54) is 11.1 Å². The van der Waals surface area contributed by atoms with Crippen LogP contribution in [0.2, 0.25) is 0 Å². The van der Waals surface area contributed by atoms with Crippen LogP contribution in [-0.4, -0.2) is 31.1 Å². The lowest BCUT2D eigenvalue weighted by Gasteiger charge is -2.42. The summed E-state index contributed by atoms with van der Waals surface area (Å²) < 4.78 is 0. The second kappa shape index (κ2) is 5.19. The molecule has 2 unspecified atom stereocenters. The van der Waals surface area contributed by atoms with E-state index < -0.39 is 0 Å². The number of piperazine rings is 1. The Labute approximate surface area is 105 Å². The van der Waals surface area contributed by atoms with E-state index in [0.717, 1.165) is 13.1 Å². The molecular weight excluding hydrogens is 208 g/mol. The number of aryl methyl sites for hydroxylation is 1. The SMILES string of the molecule is Cc1ccccc1C1CNCC(C(C)C)N1C. The van der Waals surface area contributed by atoms with Gasteiger partial charge in [0, 0.05) is 25.2 Å². The molecule has 1 aromatic carbocycles. The van der Waals surface area contributed by atoms with Crippen molar-refractivity contribution in [1.29, 1.82) is 0 Å². The lowest BCUT2D eigenvalue weighted by molar-refractivity contribution is 0.0975. The van der Waals surface area contributed by atoms with Gasteiger partial charge in [0.2, 0.25) is 0 Å². The zero-order valence-electron chi connectivity index (χ0n) is 11.4. The van der Waals surface area contributed by atoms with Gasteiger partial charge in [0.15, 0.2) is 0 Å². The van der Waals surface area contributed by atoms with Gasteiger partial charge < -0.3 is 5.32 Å². The van der Waals surface area contributed by atoms with Crippen molar-refractivity contribution in [2.45, 2.75) is 32.9 Å². The van der Waals surface area contributed by atoms with E-state index in [4.69, 9.17) is 0 Å². The van der Waals surface area contributed by atoms with Crippen LogP contribution in [0.4, 0.5) is 0 Å². The fourth-order valence-corrected chi connectivity index (χ4v) is 2.88. The largest absolute Gasteiger partial charge is 0.313 e. The minimum Gasteiger partial charge on any atom is -0.313 e. The van der Waals surface area contributed by atoms with Crippen molar-refractivity contribution in [3.63, 3.8) is 0 Å². The summed E-state index contributed by atoms with van der Waals surface area (Å²) in [4.78, 5) is 2.55. The molecule has 1 heterocycles. The Morgan fingerprint density at radius 2 is 1.94 bits per heavy atom. The Bertz CT molecular complexity index is 373. The van der Waals surface area contributed by atoms with Crippen molar-refractivity contribution in [3.8, 4) is 0 Å². The number of hydrogen-bond donors (Lipinski definition) is 1. The van der Waals surface area contributed by atoms with Crippen molar-refractivity contribution < 1.29 is 0 Å². The predicted molar refractivity (Wildman–Crippen MR) is 73.2 cm³/mol. The van der Waals surface area contributed by atoms with Gasteiger partial charge >= 0.3 is 0 Å². The lowest BCUT2D eigenvalue weighted by Crippen LogP contribution is -2.53. The third-order valence-electron chi connectivity index (χ3n) is 4.02. The standard InChI is InChI=1S/C15H24N2/c1-11(2)14-9-16-10-15(17(14)4)13-8-6-5-7-12(13)3/h5-8,11,14-16H,9-10H2,1-4H3. The normalized spacial score (nSPS) is 26.4. The van der Waals surface area contributed by atoms with E-state index in [1.807, 2.05) is 0 Å². The molecule has 0 spiro atoms. The fourth-order valence-electron chi connectivity index (χ4n) is 2.88. The maximum absolute atomic E-state index is 3.58. The molecule has 1 aromatic rings. The van der Waals surface area contributed by atoms with Crippen LogP contribution in [-0.2, 0) is 0 Å². The average molecular weight is 232 g/mol. The Hall–Kier alpha value is -0.860.